The average molecular weight is 534 g/mol. The summed E-state index contributed by atoms with van der Waals surface area (Å²) in [6.45, 7) is 0. The standard InChI is InChI=1S/C31H23N3O4S/c35-30(23-13-17-25(18-14-23)34(37)38)32-24-15-19-26(20-16-24)39-29(22-8-2-1-3-9-22)31(36)33-28-12-6-10-21-7-4-5-11-27(21)28/h1-20,29H,(H,32,35)(H,33,36). The van der Waals surface area contributed by atoms with Gasteiger partial charge in [0.1, 0.15) is 5.25 Å². The van der Waals surface area contributed by atoms with Crippen LogP contribution in [0.1, 0.15) is 21.2 Å². The first-order valence-electron chi connectivity index (χ1n) is 12.1. The molecule has 0 saturated heterocycles. The van der Waals surface area contributed by atoms with Crippen LogP contribution in [-0.4, -0.2) is 16.7 Å². The number of carbonyl (C=O) groups is 2. The molecule has 0 saturated carbocycles. The van der Waals surface area contributed by atoms with Crippen molar-refractivity contribution in [1.82, 2.24) is 0 Å². The third kappa shape index (κ3) is 6.14. The molecule has 1 unspecified atom stereocenters. The molecule has 0 aliphatic rings. The summed E-state index contributed by atoms with van der Waals surface area (Å²) in [5.74, 6) is -0.514. The summed E-state index contributed by atoms with van der Waals surface area (Å²) in [7, 11) is 0. The molecular weight excluding hydrogens is 510 g/mol. The molecule has 5 aromatic rings. The Morgan fingerprint density at radius 1 is 0.718 bits per heavy atom. The predicted molar refractivity (Wildman–Crippen MR) is 155 cm³/mol. The Kier molecular flexibility index (Phi) is 7.65. The Bertz CT molecular complexity index is 1630. The van der Waals surface area contributed by atoms with Gasteiger partial charge in [-0.05, 0) is 53.4 Å². The number of nitro benzene ring substituents is 1. The number of fused-ring (bicyclic) bond motifs is 1. The third-order valence-corrected chi connectivity index (χ3v) is 7.36. The molecule has 0 spiro atoms. The Morgan fingerprint density at radius 2 is 1.38 bits per heavy atom. The van der Waals surface area contributed by atoms with Crippen molar-refractivity contribution >= 4 is 51.4 Å². The number of rotatable bonds is 8. The second kappa shape index (κ2) is 11.6. The van der Waals surface area contributed by atoms with Crippen LogP contribution >= 0.6 is 11.8 Å². The van der Waals surface area contributed by atoms with Crippen molar-refractivity contribution in [3.63, 3.8) is 0 Å². The van der Waals surface area contributed by atoms with Gasteiger partial charge < -0.3 is 10.6 Å². The zero-order valence-electron chi connectivity index (χ0n) is 20.6. The Labute approximate surface area is 229 Å². The molecule has 5 rings (SSSR count). The van der Waals surface area contributed by atoms with E-state index in [9.17, 15) is 19.7 Å². The van der Waals surface area contributed by atoms with Crippen LogP contribution in [-0.2, 0) is 4.79 Å². The molecule has 39 heavy (non-hydrogen) atoms. The van der Waals surface area contributed by atoms with Crippen molar-refractivity contribution in [2.75, 3.05) is 10.6 Å². The van der Waals surface area contributed by atoms with Crippen molar-refractivity contribution < 1.29 is 14.5 Å². The zero-order chi connectivity index (χ0) is 27.2. The molecule has 0 aliphatic heterocycles. The van der Waals surface area contributed by atoms with Crippen molar-refractivity contribution in [3.05, 3.63) is 143 Å². The molecule has 192 valence electrons. The van der Waals surface area contributed by atoms with E-state index in [0.29, 0.717) is 11.3 Å². The van der Waals surface area contributed by atoms with Gasteiger partial charge in [-0.3, -0.25) is 19.7 Å². The lowest BCUT2D eigenvalue weighted by molar-refractivity contribution is -0.384. The predicted octanol–water partition coefficient (Wildman–Crippen LogP) is 7.47. The van der Waals surface area contributed by atoms with Gasteiger partial charge >= 0.3 is 0 Å². The average Bonchev–Trinajstić information content (AvgIpc) is 2.97. The van der Waals surface area contributed by atoms with Gasteiger partial charge in [0.2, 0.25) is 5.91 Å². The van der Waals surface area contributed by atoms with Crippen LogP contribution in [0, 0.1) is 10.1 Å². The van der Waals surface area contributed by atoms with E-state index in [1.807, 2.05) is 84.9 Å². The first-order valence-corrected chi connectivity index (χ1v) is 13.0. The topological polar surface area (TPSA) is 101 Å². The maximum atomic E-state index is 13.6. The van der Waals surface area contributed by atoms with Crippen LogP contribution in [0.4, 0.5) is 17.1 Å². The number of thioether (sulfide) groups is 1. The number of nitrogens with one attached hydrogen (secondary N) is 2. The second-order valence-corrected chi connectivity index (χ2v) is 9.89. The van der Waals surface area contributed by atoms with E-state index in [2.05, 4.69) is 10.6 Å². The van der Waals surface area contributed by atoms with E-state index in [1.165, 1.54) is 36.0 Å². The minimum absolute atomic E-state index is 0.0783. The van der Waals surface area contributed by atoms with Gasteiger partial charge in [0.05, 0.1) is 4.92 Å². The number of carbonyl (C=O) groups excluding carboxylic acids is 2. The molecule has 2 N–H and O–H groups in total. The van der Waals surface area contributed by atoms with Gasteiger partial charge in [0.15, 0.2) is 0 Å². The lowest BCUT2D eigenvalue weighted by Crippen LogP contribution is -2.19. The van der Waals surface area contributed by atoms with Crippen molar-refractivity contribution in [1.29, 1.82) is 0 Å². The van der Waals surface area contributed by atoms with Gasteiger partial charge in [-0.1, -0.05) is 66.7 Å². The fraction of sp³-hybridized carbons (Fsp3) is 0.0323. The highest BCUT2D eigenvalue weighted by Crippen LogP contribution is 2.37. The summed E-state index contributed by atoms with van der Waals surface area (Å²) in [6.07, 6.45) is 0. The van der Waals surface area contributed by atoms with E-state index < -0.39 is 10.2 Å². The lowest BCUT2D eigenvalue weighted by Gasteiger charge is -2.18. The number of nitro groups is 1. The molecule has 0 fully saturated rings. The highest BCUT2D eigenvalue weighted by Gasteiger charge is 2.23. The number of hydrogen-bond acceptors (Lipinski definition) is 5. The number of nitrogens with zero attached hydrogens (tertiary/aromatic N) is 1. The van der Waals surface area contributed by atoms with Crippen LogP contribution < -0.4 is 10.6 Å². The molecule has 0 aliphatic carbocycles. The molecule has 1 atom stereocenters. The number of anilines is 2. The molecule has 2 amide bonds. The highest BCUT2D eigenvalue weighted by molar-refractivity contribution is 8.00. The van der Waals surface area contributed by atoms with Crippen LogP contribution in [0.15, 0.2) is 126 Å². The molecular formula is C31H23N3O4S. The fourth-order valence-corrected chi connectivity index (χ4v) is 5.15. The van der Waals surface area contributed by atoms with E-state index in [-0.39, 0.29) is 17.5 Å². The largest absolute Gasteiger partial charge is 0.324 e. The smallest absolute Gasteiger partial charge is 0.269 e. The van der Waals surface area contributed by atoms with Gasteiger partial charge in [-0.25, -0.2) is 0 Å². The molecule has 0 bridgehead atoms. The summed E-state index contributed by atoms with van der Waals surface area (Å²) in [6, 6.07) is 36.0. The summed E-state index contributed by atoms with van der Waals surface area (Å²) in [5.41, 5.74) is 2.43. The number of hydrogen-bond donors (Lipinski definition) is 2. The van der Waals surface area contributed by atoms with Gasteiger partial charge in [-0.15, -0.1) is 11.8 Å². The molecule has 7 nitrogen and oxygen atoms in total. The number of amides is 2. The van der Waals surface area contributed by atoms with Crippen LogP contribution in [0.3, 0.4) is 0 Å². The van der Waals surface area contributed by atoms with E-state index in [0.717, 1.165) is 26.9 Å². The second-order valence-electron chi connectivity index (χ2n) is 8.71. The minimum atomic E-state index is -0.511. The highest BCUT2D eigenvalue weighted by atomic mass is 32.2. The fourth-order valence-electron chi connectivity index (χ4n) is 4.12. The van der Waals surface area contributed by atoms with Crippen LogP contribution in [0.5, 0.6) is 0 Å². The van der Waals surface area contributed by atoms with Crippen molar-refractivity contribution in [3.8, 4) is 0 Å². The Balaban J connectivity index is 1.32. The normalized spacial score (nSPS) is 11.5. The first kappa shape index (κ1) is 25.7. The van der Waals surface area contributed by atoms with Crippen molar-refractivity contribution in [2.45, 2.75) is 10.1 Å². The van der Waals surface area contributed by atoms with E-state index in [1.54, 1.807) is 12.1 Å². The minimum Gasteiger partial charge on any atom is -0.324 e. The quantitative estimate of drug-likeness (QED) is 0.122. The zero-order valence-corrected chi connectivity index (χ0v) is 21.4. The summed E-state index contributed by atoms with van der Waals surface area (Å²) < 4.78 is 0. The number of benzene rings is 5. The van der Waals surface area contributed by atoms with Crippen LogP contribution in [0.2, 0.25) is 0 Å². The van der Waals surface area contributed by atoms with Gasteiger partial charge in [0.25, 0.3) is 11.6 Å². The van der Waals surface area contributed by atoms with Gasteiger partial charge in [0, 0.05) is 39.4 Å². The monoisotopic (exact) mass is 533 g/mol. The van der Waals surface area contributed by atoms with Crippen molar-refractivity contribution in [2.24, 2.45) is 0 Å². The molecule has 5 aromatic carbocycles. The number of non-ortho nitro benzene ring substituents is 1. The van der Waals surface area contributed by atoms with E-state index in [4.69, 9.17) is 0 Å². The lowest BCUT2D eigenvalue weighted by atomic mass is 10.1. The SMILES string of the molecule is O=C(Nc1ccc(SC(C(=O)Nc2cccc3ccccc23)c2ccccc2)cc1)c1ccc([N+](=O)[O-])cc1. The molecule has 0 radical (unpaired) electrons. The first-order chi connectivity index (χ1) is 19.0. The summed E-state index contributed by atoms with van der Waals surface area (Å²) in [4.78, 5) is 37.3. The molecule has 8 heteroatoms. The van der Waals surface area contributed by atoms with E-state index >= 15 is 0 Å². The summed E-state index contributed by atoms with van der Waals surface area (Å²) in [5, 5.41) is 18.3. The maximum absolute atomic E-state index is 13.6. The Hall–Kier alpha value is -4.95. The summed E-state index contributed by atoms with van der Waals surface area (Å²) >= 11 is 1.41. The van der Waals surface area contributed by atoms with Crippen LogP contribution in [0.25, 0.3) is 10.8 Å². The third-order valence-electron chi connectivity index (χ3n) is 6.09. The Morgan fingerprint density at radius 3 is 2.10 bits per heavy atom. The van der Waals surface area contributed by atoms with Gasteiger partial charge in [-0.2, -0.15) is 0 Å². The molecule has 0 aromatic heterocycles. The molecule has 0 heterocycles. The maximum Gasteiger partial charge on any atom is 0.269 e.